The Balaban J connectivity index is 2.79. The summed E-state index contributed by atoms with van der Waals surface area (Å²) in [7, 11) is -1.27. The Morgan fingerprint density at radius 3 is 2.44 bits per heavy atom. The lowest BCUT2D eigenvalue weighted by atomic mass is 9.87. The highest BCUT2D eigenvalue weighted by molar-refractivity contribution is 6.81. The van der Waals surface area contributed by atoms with E-state index in [2.05, 4.69) is 25.3 Å². The Bertz CT molecular complexity index is 258. The molecule has 0 aromatic carbocycles. The van der Waals surface area contributed by atoms with E-state index in [0.29, 0.717) is 0 Å². The van der Waals surface area contributed by atoms with Crippen LogP contribution in [0.4, 0.5) is 0 Å². The number of aliphatic hydroxyl groups is 1. The molecule has 1 rings (SSSR count). The first-order valence-electron chi connectivity index (χ1n) is 6.27. The smallest absolute Gasteiger partial charge is 0.108 e. The average molecular weight is 242 g/mol. The molecule has 0 aromatic rings. The molecule has 1 aliphatic heterocycles. The molecule has 0 aliphatic carbocycles. The highest BCUT2D eigenvalue weighted by Crippen LogP contribution is 2.30. The highest BCUT2D eigenvalue weighted by Gasteiger charge is 2.36. The van der Waals surface area contributed by atoms with Crippen molar-refractivity contribution in [3.8, 4) is 0 Å². The van der Waals surface area contributed by atoms with Gasteiger partial charge in [-0.25, -0.2) is 0 Å². The molecule has 94 valence electrons. The van der Waals surface area contributed by atoms with E-state index in [1.54, 1.807) is 0 Å². The quantitative estimate of drug-likeness (QED) is 0.771. The summed E-state index contributed by atoms with van der Waals surface area (Å²) >= 11 is 0. The van der Waals surface area contributed by atoms with Crippen LogP contribution >= 0.6 is 0 Å². The summed E-state index contributed by atoms with van der Waals surface area (Å²) in [5.74, 6) is 0. The van der Waals surface area contributed by atoms with Gasteiger partial charge in [-0.3, -0.25) is 0 Å². The van der Waals surface area contributed by atoms with E-state index in [-0.39, 0.29) is 6.10 Å². The number of rotatable bonds is 3. The van der Waals surface area contributed by atoms with Gasteiger partial charge in [-0.15, -0.1) is 0 Å². The van der Waals surface area contributed by atoms with Gasteiger partial charge in [0.25, 0.3) is 0 Å². The molecule has 3 heteroatoms. The predicted molar refractivity (Wildman–Crippen MR) is 71.3 cm³/mol. The number of ether oxygens (including phenoxy) is 1. The van der Waals surface area contributed by atoms with Crippen LogP contribution in [0.5, 0.6) is 0 Å². The molecule has 0 saturated carbocycles. The van der Waals surface area contributed by atoms with Gasteiger partial charge in [0.2, 0.25) is 0 Å². The minimum absolute atomic E-state index is 0.0196. The van der Waals surface area contributed by atoms with Crippen LogP contribution < -0.4 is 0 Å². The van der Waals surface area contributed by atoms with Crippen LogP contribution in [-0.4, -0.2) is 31.5 Å². The van der Waals surface area contributed by atoms with Crippen molar-refractivity contribution in [1.82, 2.24) is 0 Å². The minimum atomic E-state index is -1.27. The van der Waals surface area contributed by atoms with Gasteiger partial charge in [-0.1, -0.05) is 25.3 Å². The second kappa shape index (κ2) is 5.03. The fourth-order valence-electron chi connectivity index (χ4n) is 2.23. The van der Waals surface area contributed by atoms with E-state index >= 15 is 0 Å². The average Bonchev–Trinajstić information content (AvgIpc) is 2.16. The molecule has 1 aliphatic rings. The Kier molecular flexibility index (Phi) is 4.38. The Hall–Kier alpha value is -0.123. The number of hydrogen-bond acceptors (Lipinski definition) is 2. The van der Waals surface area contributed by atoms with Gasteiger partial charge in [0.15, 0.2) is 0 Å². The van der Waals surface area contributed by atoms with Crippen LogP contribution in [0.1, 0.15) is 33.1 Å². The Morgan fingerprint density at radius 2 is 2.00 bits per heavy atom. The second-order valence-electron chi connectivity index (χ2n) is 6.20. The maximum Gasteiger partial charge on any atom is 0.108 e. The Labute approximate surface area is 101 Å². The maximum atomic E-state index is 10.6. The van der Waals surface area contributed by atoms with Gasteiger partial charge in [-0.05, 0) is 38.7 Å². The van der Waals surface area contributed by atoms with Gasteiger partial charge >= 0.3 is 0 Å². The first-order chi connectivity index (χ1) is 7.23. The maximum absolute atomic E-state index is 10.6. The fourth-order valence-corrected chi connectivity index (χ4v) is 3.82. The molecule has 0 amide bonds. The molecule has 0 bridgehead atoms. The Morgan fingerprint density at radius 1 is 1.38 bits per heavy atom. The molecule has 1 N–H and O–H groups in total. The topological polar surface area (TPSA) is 29.5 Å². The lowest BCUT2D eigenvalue weighted by Gasteiger charge is -2.37. The van der Waals surface area contributed by atoms with Gasteiger partial charge in [-0.2, -0.15) is 0 Å². The van der Waals surface area contributed by atoms with Crippen LogP contribution in [0.2, 0.25) is 19.6 Å². The van der Waals surface area contributed by atoms with E-state index in [4.69, 9.17) is 4.74 Å². The predicted octanol–water partition coefficient (Wildman–Crippen LogP) is 3.13. The zero-order valence-corrected chi connectivity index (χ0v) is 12.3. The fraction of sp³-hybridized carbons (Fsp3) is 0.846. The van der Waals surface area contributed by atoms with E-state index < -0.39 is 13.7 Å². The third kappa shape index (κ3) is 3.72. The summed E-state index contributed by atoms with van der Waals surface area (Å²) in [6.07, 6.45) is 3.25. The molecule has 1 heterocycles. The zero-order valence-electron chi connectivity index (χ0n) is 11.3. The van der Waals surface area contributed by atoms with Crippen molar-refractivity contribution in [3.63, 3.8) is 0 Å². The largest absolute Gasteiger partial charge is 0.383 e. The van der Waals surface area contributed by atoms with Crippen molar-refractivity contribution in [3.05, 3.63) is 11.3 Å². The van der Waals surface area contributed by atoms with Crippen molar-refractivity contribution in [1.29, 1.82) is 0 Å². The molecule has 1 saturated heterocycles. The van der Waals surface area contributed by atoms with Crippen molar-refractivity contribution < 1.29 is 9.84 Å². The molecule has 0 radical (unpaired) electrons. The normalized spacial score (nSPS) is 27.6. The van der Waals surface area contributed by atoms with E-state index in [0.717, 1.165) is 25.0 Å². The summed E-state index contributed by atoms with van der Waals surface area (Å²) in [6, 6.07) is 0. The summed E-state index contributed by atoms with van der Waals surface area (Å²) in [6.45, 7) is 11.6. The first kappa shape index (κ1) is 13.9. The first-order valence-corrected chi connectivity index (χ1v) is 9.85. The van der Waals surface area contributed by atoms with Crippen molar-refractivity contribution in [2.24, 2.45) is 0 Å². The molecule has 16 heavy (non-hydrogen) atoms. The third-order valence-corrected chi connectivity index (χ3v) is 4.55. The minimum Gasteiger partial charge on any atom is -0.383 e. The molecule has 0 aromatic heterocycles. The summed E-state index contributed by atoms with van der Waals surface area (Å²) in [5, 5.41) is 10.6. The van der Waals surface area contributed by atoms with Crippen LogP contribution in [0.25, 0.3) is 0 Å². The molecule has 2 nitrogen and oxygen atoms in total. The monoisotopic (exact) mass is 242 g/mol. The van der Waals surface area contributed by atoms with Crippen molar-refractivity contribution in [2.75, 3.05) is 6.61 Å². The summed E-state index contributed by atoms with van der Waals surface area (Å²) < 4.78 is 5.70. The van der Waals surface area contributed by atoms with Gasteiger partial charge < -0.3 is 9.84 Å². The third-order valence-electron chi connectivity index (χ3n) is 3.25. The molecule has 0 unspecified atom stereocenters. The van der Waals surface area contributed by atoms with Gasteiger partial charge in [0, 0.05) is 6.61 Å². The second-order valence-corrected chi connectivity index (χ2v) is 11.2. The van der Waals surface area contributed by atoms with E-state index in [1.165, 1.54) is 6.42 Å². The van der Waals surface area contributed by atoms with Crippen LogP contribution in [0.3, 0.4) is 0 Å². The summed E-state index contributed by atoms with van der Waals surface area (Å²) in [4.78, 5) is 0. The molecule has 1 fully saturated rings. The number of hydrogen-bond donors (Lipinski definition) is 1. The van der Waals surface area contributed by atoms with Gasteiger partial charge in [0.05, 0.1) is 14.2 Å². The van der Waals surface area contributed by atoms with Crippen molar-refractivity contribution in [2.45, 2.75) is 64.5 Å². The highest BCUT2D eigenvalue weighted by atomic mass is 28.3. The molecule has 0 spiro atoms. The van der Waals surface area contributed by atoms with Gasteiger partial charge in [0.1, 0.15) is 5.60 Å². The molecular weight excluding hydrogens is 216 g/mol. The van der Waals surface area contributed by atoms with Crippen LogP contribution in [0.15, 0.2) is 11.3 Å². The molecular formula is C13H26O2Si. The SMILES string of the molecule is C/C(=C\[Si](C)(C)C)[C@](C)(O)[C@@H]1CCCCO1. The standard InChI is InChI=1S/C13H26O2Si/c1-11(10-16(3,4)5)13(2,14)12-8-6-7-9-15-12/h10,12,14H,6-9H2,1-5H3/b11-10+/t12-,13-/m0/s1. The lowest BCUT2D eigenvalue weighted by molar-refractivity contribution is -0.0977. The van der Waals surface area contributed by atoms with E-state index in [9.17, 15) is 5.11 Å². The summed E-state index contributed by atoms with van der Waals surface area (Å²) in [5.41, 5.74) is 2.57. The zero-order chi connectivity index (χ0) is 12.4. The lowest BCUT2D eigenvalue weighted by Crippen LogP contribution is -2.44. The van der Waals surface area contributed by atoms with E-state index in [1.807, 2.05) is 13.8 Å². The van der Waals surface area contributed by atoms with Crippen molar-refractivity contribution >= 4 is 8.07 Å². The molecule has 2 atom stereocenters. The van der Waals surface area contributed by atoms with Crippen LogP contribution in [-0.2, 0) is 4.74 Å². The van der Waals surface area contributed by atoms with Crippen LogP contribution in [0, 0.1) is 0 Å².